The Balaban J connectivity index is 0.00000320. The molecule has 1 heterocycles. The summed E-state index contributed by atoms with van der Waals surface area (Å²) in [6, 6.07) is 12.8. The molecule has 3 N–H and O–H groups in total. The Morgan fingerprint density at radius 2 is 1.93 bits per heavy atom. The number of ether oxygens (including phenoxy) is 1. The molecule has 2 amide bonds. The summed E-state index contributed by atoms with van der Waals surface area (Å²) in [4.78, 5) is 26.9. The molecule has 2 unspecified atom stereocenters. The number of nitrogens with one attached hydrogen (secondary N) is 1. The van der Waals surface area contributed by atoms with Crippen molar-refractivity contribution in [2.45, 2.75) is 25.8 Å². The average molecular weight is 436 g/mol. The highest BCUT2D eigenvalue weighted by atomic mass is 35.5. The van der Waals surface area contributed by atoms with E-state index in [9.17, 15) is 14.0 Å². The third kappa shape index (κ3) is 5.93. The van der Waals surface area contributed by atoms with Crippen LogP contribution in [0.2, 0.25) is 0 Å². The van der Waals surface area contributed by atoms with Crippen molar-refractivity contribution in [1.29, 1.82) is 0 Å². The van der Waals surface area contributed by atoms with Gasteiger partial charge in [0, 0.05) is 19.1 Å². The Morgan fingerprint density at radius 3 is 2.67 bits per heavy atom. The first-order chi connectivity index (χ1) is 14.0. The van der Waals surface area contributed by atoms with Crippen LogP contribution >= 0.6 is 12.4 Å². The van der Waals surface area contributed by atoms with Crippen LogP contribution < -0.4 is 15.8 Å². The summed E-state index contributed by atoms with van der Waals surface area (Å²) in [6.07, 6.45) is 1.92. The Bertz CT molecular complexity index is 878. The van der Waals surface area contributed by atoms with Crippen LogP contribution in [0.4, 0.5) is 10.1 Å². The Kier molecular flexibility index (Phi) is 8.62. The first kappa shape index (κ1) is 23.6. The lowest BCUT2D eigenvalue weighted by atomic mass is 9.92. The largest absolute Gasteiger partial charge is 0.483 e. The van der Waals surface area contributed by atoms with E-state index in [0.717, 1.165) is 12.8 Å². The van der Waals surface area contributed by atoms with Crippen LogP contribution in [0.5, 0.6) is 5.75 Å². The summed E-state index contributed by atoms with van der Waals surface area (Å²) >= 11 is 0. The normalized spacial score (nSPS) is 16.9. The van der Waals surface area contributed by atoms with Gasteiger partial charge in [-0.3, -0.25) is 9.59 Å². The van der Waals surface area contributed by atoms with Crippen molar-refractivity contribution in [3.63, 3.8) is 0 Å². The van der Waals surface area contributed by atoms with Crippen molar-refractivity contribution >= 4 is 29.9 Å². The zero-order valence-corrected chi connectivity index (χ0v) is 17.7. The standard InChI is InChI=1S/C22H26FN3O3.ClH/c1-15(24)16-7-6-12-26(13-16)22(28)17-8-2-5-11-20(17)29-14-21(27)25-19-10-4-3-9-18(19)23;/h2-5,8-11,15-16H,6-7,12-14,24H2,1H3,(H,25,27);1H. The second-order valence-corrected chi connectivity index (χ2v) is 7.33. The van der Waals surface area contributed by atoms with Crippen LogP contribution in [0.3, 0.4) is 0 Å². The smallest absolute Gasteiger partial charge is 0.262 e. The molecular formula is C22H27ClFN3O3. The summed E-state index contributed by atoms with van der Waals surface area (Å²) in [5.41, 5.74) is 6.50. The second kappa shape index (κ2) is 10.9. The number of nitrogens with zero attached hydrogens (tertiary/aromatic N) is 1. The summed E-state index contributed by atoms with van der Waals surface area (Å²) in [5, 5.41) is 2.46. The van der Waals surface area contributed by atoms with Gasteiger partial charge in [0.05, 0.1) is 11.3 Å². The maximum absolute atomic E-state index is 13.7. The number of amides is 2. The summed E-state index contributed by atoms with van der Waals surface area (Å²) in [5.74, 6) is -0.575. The van der Waals surface area contributed by atoms with E-state index in [-0.39, 0.29) is 42.6 Å². The van der Waals surface area contributed by atoms with Gasteiger partial charge in [-0.1, -0.05) is 24.3 Å². The number of anilines is 1. The lowest BCUT2D eigenvalue weighted by molar-refractivity contribution is -0.118. The minimum absolute atomic E-state index is 0. The van der Waals surface area contributed by atoms with Gasteiger partial charge in [0.25, 0.3) is 11.8 Å². The maximum Gasteiger partial charge on any atom is 0.262 e. The van der Waals surface area contributed by atoms with E-state index < -0.39 is 11.7 Å². The number of hydrogen-bond donors (Lipinski definition) is 2. The molecule has 0 bridgehead atoms. The molecule has 2 aromatic carbocycles. The highest BCUT2D eigenvalue weighted by Crippen LogP contribution is 2.25. The van der Waals surface area contributed by atoms with E-state index in [0.29, 0.717) is 24.4 Å². The van der Waals surface area contributed by atoms with Gasteiger partial charge in [0.1, 0.15) is 11.6 Å². The molecule has 162 valence electrons. The highest BCUT2D eigenvalue weighted by molar-refractivity contribution is 5.97. The number of hydrogen-bond acceptors (Lipinski definition) is 4. The van der Waals surface area contributed by atoms with Gasteiger partial charge in [-0.2, -0.15) is 0 Å². The third-order valence-corrected chi connectivity index (χ3v) is 5.11. The van der Waals surface area contributed by atoms with Gasteiger partial charge in [-0.25, -0.2) is 4.39 Å². The third-order valence-electron chi connectivity index (χ3n) is 5.11. The predicted octanol–water partition coefficient (Wildman–Crippen LogP) is 3.46. The number of benzene rings is 2. The fourth-order valence-corrected chi connectivity index (χ4v) is 3.46. The molecule has 2 atom stereocenters. The van der Waals surface area contributed by atoms with Crippen LogP contribution in [0.1, 0.15) is 30.1 Å². The molecule has 3 rings (SSSR count). The number of nitrogens with two attached hydrogens (primary N) is 1. The summed E-state index contributed by atoms with van der Waals surface area (Å²) in [7, 11) is 0. The van der Waals surface area contributed by atoms with Crippen molar-refractivity contribution < 1.29 is 18.7 Å². The molecule has 0 saturated carbocycles. The first-order valence-corrected chi connectivity index (χ1v) is 9.76. The molecule has 0 aliphatic carbocycles. The number of carbonyl (C=O) groups excluding carboxylic acids is 2. The quantitative estimate of drug-likeness (QED) is 0.727. The van der Waals surface area contributed by atoms with Gasteiger partial charge in [0.15, 0.2) is 6.61 Å². The monoisotopic (exact) mass is 435 g/mol. The van der Waals surface area contributed by atoms with Crippen LogP contribution in [0.25, 0.3) is 0 Å². The molecule has 30 heavy (non-hydrogen) atoms. The van der Waals surface area contributed by atoms with Gasteiger partial charge < -0.3 is 20.7 Å². The first-order valence-electron chi connectivity index (χ1n) is 9.76. The van der Waals surface area contributed by atoms with Crippen molar-refractivity contribution in [3.8, 4) is 5.75 Å². The number of likely N-dealkylation sites (tertiary alicyclic amines) is 1. The maximum atomic E-state index is 13.7. The van der Waals surface area contributed by atoms with Crippen molar-refractivity contribution in [1.82, 2.24) is 4.90 Å². The van der Waals surface area contributed by atoms with Crippen molar-refractivity contribution in [2.75, 3.05) is 25.0 Å². The van der Waals surface area contributed by atoms with Gasteiger partial charge >= 0.3 is 0 Å². The molecule has 0 spiro atoms. The summed E-state index contributed by atoms with van der Waals surface area (Å²) < 4.78 is 19.3. The molecule has 2 aromatic rings. The minimum Gasteiger partial charge on any atom is -0.483 e. The zero-order chi connectivity index (χ0) is 20.8. The molecular weight excluding hydrogens is 409 g/mol. The fourth-order valence-electron chi connectivity index (χ4n) is 3.46. The topological polar surface area (TPSA) is 84.7 Å². The van der Waals surface area contributed by atoms with E-state index >= 15 is 0 Å². The number of halogens is 2. The van der Waals surface area contributed by atoms with E-state index in [1.54, 1.807) is 41.3 Å². The van der Waals surface area contributed by atoms with E-state index in [4.69, 9.17) is 10.5 Å². The highest BCUT2D eigenvalue weighted by Gasteiger charge is 2.28. The average Bonchev–Trinajstić information content (AvgIpc) is 2.73. The number of rotatable bonds is 6. The molecule has 1 aliphatic heterocycles. The van der Waals surface area contributed by atoms with Crippen LogP contribution in [-0.2, 0) is 4.79 Å². The van der Waals surface area contributed by atoms with Gasteiger partial charge in [-0.05, 0) is 49.9 Å². The molecule has 1 saturated heterocycles. The molecule has 6 nitrogen and oxygen atoms in total. The van der Waals surface area contributed by atoms with E-state index in [1.165, 1.54) is 12.1 Å². The van der Waals surface area contributed by atoms with E-state index in [1.807, 2.05) is 6.92 Å². The molecule has 0 aromatic heterocycles. The zero-order valence-electron chi connectivity index (χ0n) is 16.8. The number of piperidine rings is 1. The number of carbonyl (C=O) groups is 2. The SMILES string of the molecule is CC(N)C1CCCN(C(=O)c2ccccc2OCC(=O)Nc2ccccc2F)C1.Cl. The summed E-state index contributed by atoms with van der Waals surface area (Å²) in [6.45, 7) is 2.91. The van der Waals surface area contributed by atoms with Crippen LogP contribution in [0.15, 0.2) is 48.5 Å². The lowest BCUT2D eigenvalue weighted by Crippen LogP contribution is -2.45. The Morgan fingerprint density at radius 1 is 1.23 bits per heavy atom. The van der Waals surface area contributed by atoms with Crippen LogP contribution in [0, 0.1) is 11.7 Å². The fraction of sp³-hybridized carbons (Fsp3) is 0.364. The van der Waals surface area contributed by atoms with E-state index in [2.05, 4.69) is 5.32 Å². The van der Waals surface area contributed by atoms with Gasteiger partial charge in [0.2, 0.25) is 0 Å². The second-order valence-electron chi connectivity index (χ2n) is 7.33. The van der Waals surface area contributed by atoms with Crippen molar-refractivity contribution in [2.24, 2.45) is 11.7 Å². The minimum atomic E-state index is -0.523. The van der Waals surface area contributed by atoms with Crippen LogP contribution in [-0.4, -0.2) is 42.5 Å². The number of para-hydroxylation sites is 2. The molecule has 1 fully saturated rings. The molecule has 0 radical (unpaired) electrons. The van der Waals surface area contributed by atoms with Crippen molar-refractivity contribution in [3.05, 3.63) is 59.9 Å². The van der Waals surface area contributed by atoms with Gasteiger partial charge in [-0.15, -0.1) is 12.4 Å². The predicted molar refractivity (Wildman–Crippen MR) is 116 cm³/mol. The Hall–Kier alpha value is -2.64. The lowest BCUT2D eigenvalue weighted by Gasteiger charge is -2.34. The molecule has 1 aliphatic rings. The molecule has 8 heteroatoms. The Labute approximate surface area is 182 Å².